The second-order valence-corrected chi connectivity index (χ2v) is 4.55. The average Bonchev–Trinajstić information content (AvgIpc) is 2.40. The Morgan fingerprint density at radius 1 is 1.39 bits per heavy atom. The molecule has 1 atom stereocenters. The number of carbonyl (C=O) groups is 1. The lowest BCUT2D eigenvalue weighted by atomic mass is 10.2. The van der Waals surface area contributed by atoms with Crippen LogP contribution in [0, 0.1) is 0 Å². The van der Waals surface area contributed by atoms with Crippen LogP contribution in [0.5, 0.6) is 0 Å². The maximum Gasteiger partial charge on any atom is 0.323 e. The van der Waals surface area contributed by atoms with Gasteiger partial charge in [-0.15, -0.1) is 0 Å². The molecule has 1 aliphatic heterocycles. The first-order valence-corrected chi connectivity index (χ1v) is 6.21. The van der Waals surface area contributed by atoms with Crippen LogP contribution in [0.4, 0.5) is 4.79 Å². The zero-order valence-corrected chi connectivity index (χ0v) is 10.9. The van der Waals surface area contributed by atoms with Crippen LogP contribution in [0.25, 0.3) is 0 Å². The Hall–Kier alpha value is -1.74. The number of urea groups is 1. The maximum atomic E-state index is 12.0. The second-order valence-electron chi connectivity index (χ2n) is 4.14. The Kier molecular flexibility index (Phi) is 4.05. The molecule has 0 fully saturated rings. The minimum absolute atomic E-state index is 0.192. The van der Waals surface area contributed by atoms with E-state index in [1.165, 1.54) is 4.90 Å². The fraction of sp³-hybridized carbons (Fsp3) is 0.214. The summed E-state index contributed by atoms with van der Waals surface area (Å²) in [6.07, 6.45) is 5.40. The van der Waals surface area contributed by atoms with Gasteiger partial charge in [-0.3, -0.25) is 4.90 Å². The van der Waals surface area contributed by atoms with E-state index in [9.17, 15) is 4.79 Å². The van der Waals surface area contributed by atoms with E-state index in [0.717, 1.165) is 11.1 Å². The predicted octanol–water partition coefficient (Wildman–Crippen LogP) is 3.24. The van der Waals surface area contributed by atoms with Gasteiger partial charge in [0.05, 0.1) is 0 Å². The first kappa shape index (κ1) is 12.7. The Morgan fingerprint density at radius 2 is 2.11 bits per heavy atom. The molecule has 1 aliphatic rings. The fourth-order valence-corrected chi connectivity index (χ4v) is 1.92. The summed E-state index contributed by atoms with van der Waals surface area (Å²) in [4.78, 5) is 13.5. The highest BCUT2D eigenvalue weighted by Crippen LogP contribution is 2.19. The SMILES string of the molecule is CC1=CC=CN(C(=O)NCc2ccccc2)C1Cl. The fourth-order valence-electron chi connectivity index (χ4n) is 1.70. The van der Waals surface area contributed by atoms with Crippen LogP contribution in [-0.2, 0) is 6.54 Å². The molecular formula is C14H15ClN2O. The Bertz CT molecular complexity index is 482. The molecule has 0 aliphatic carbocycles. The van der Waals surface area contributed by atoms with Gasteiger partial charge in [0.2, 0.25) is 0 Å². The highest BCUT2D eigenvalue weighted by atomic mass is 35.5. The number of hydrogen-bond acceptors (Lipinski definition) is 1. The topological polar surface area (TPSA) is 32.3 Å². The van der Waals surface area contributed by atoms with Gasteiger partial charge in [0.15, 0.2) is 0 Å². The largest absolute Gasteiger partial charge is 0.334 e. The molecule has 1 heterocycles. The molecule has 1 N–H and O–H groups in total. The lowest BCUT2D eigenvalue weighted by molar-refractivity contribution is 0.213. The summed E-state index contributed by atoms with van der Waals surface area (Å²) >= 11 is 6.16. The molecule has 1 aromatic carbocycles. The summed E-state index contributed by atoms with van der Waals surface area (Å²) in [5, 5.41) is 2.84. The molecule has 0 saturated heterocycles. The van der Waals surface area contributed by atoms with Gasteiger partial charge in [-0.2, -0.15) is 0 Å². The second kappa shape index (κ2) is 5.74. The van der Waals surface area contributed by atoms with Crippen LogP contribution in [0.2, 0.25) is 0 Å². The first-order valence-electron chi connectivity index (χ1n) is 5.77. The van der Waals surface area contributed by atoms with E-state index < -0.39 is 5.50 Å². The third kappa shape index (κ3) is 2.93. The van der Waals surface area contributed by atoms with E-state index in [1.807, 2.05) is 49.4 Å². The van der Waals surface area contributed by atoms with Gasteiger partial charge in [0.1, 0.15) is 5.50 Å². The summed E-state index contributed by atoms with van der Waals surface area (Å²) in [5.41, 5.74) is 1.60. The van der Waals surface area contributed by atoms with Crippen molar-refractivity contribution < 1.29 is 4.79 Å². The molecule has 0 aromatic heterocycles. The van der Waals surface area contributed by atoms with Gasteiger partial charge in [-0.05, 0) is 24.1 Å². The zero-order valence-electron chi connectivity index (χ0n) is 10.1. The average molecular weight is 263 g/mol. The van der Waals surface area contributed by atoms with Crippen molar-refractivity contribution in [2.45, 2.75) is 19.0 Å². The molecule has 18 heavy (non-hydrogen) atoms. The molecule has 0 saturated carbocycles. The molecule has 1 aromatic rings. The van der Waals surface area contributed by atoms with Crippen molar-refractivity contribution >= 4 is 17.6 Å². The van der Waals surface area contributed by atoms with E-state index in [-0.39, 0.29) is 6.03 Å². The number of halogens is 1. The molecule has 2 rings (SSSR count). The molecule has 2 amide bonds. The van der Waals surface area contributed by atoms with Gasteiger partial charge < -0.3 is 5.32 Å². The summed E-state index contributed by atoms with van der Waals surface area (Å²) < 4.78 is 0. The molecule has 94 valence electrons. The minimum atomic E-state index is -0.411. The summed E-state index contributed by atoms with van der Waals surface area (Å²) in [6.45, 7) is 2.40. The maximum absolute atomic E-state index is 12.0. The van der Waals surface area contributed by atoms with Crippen molar-refractivity contribution in [1.82, 2.24) is 10.2 Å². The molecule has 1 unspecified atom stereocenters. The van der Waals surface area contributed by atoms with E-state index in [4.69, 9.17) is 11.6 Å². The van der Waals surface area contributed by atoms with Gasteiger partial charge in [-0.25, -0.2) is 4.79 Å². The van der Waals surface area contributed by atoms with Crippen molar-refractivity contribution in [3.63, 3.8) is 0 Å². The Morgan fingerprint density at radius 3 is 2.83 bits per heavy atom. The molecule has 0 spiro atoms. The van der Waals surface area contributed by atoms with Crippen molar-refractivity contribution in [2.24, 2.45) is 0 Å². The van der Waals surface area contributed by atoms with Crippen LogP contribution >= 0.6 is 11.6 Å². The summed E-state index contributed by atoms with van der Waals surface area (Å²) in [6, 6.07) is 9.58. The molecule has 3 nitrogen and oxygen atoms in total. The number of amides is 2. The zero-order chi connectivity index (χ0) is 13.0. The summed E-state index contributed by atoms with van der Waals surface area (Å²) in [7, 11) is 0. The number of hydrogen-bond donors (Lipinski definition) is 1. The number of nitrogens with zero attached hydrogens (tertiary/aromatic N) is 1. The quantitative estimate of drug-likeness (QED) is 0.644. The summed E-state index contributed by atoms with van der Waals surface area (Å²) in [5.74, 6) is 0. The van der Waals surface area contributed by atoms with Crippen molar-refractivity contribution in [2.75, 3.05) is 0 Å². The van der Waals surface area contributed by atoms with E-state index in [0.29, 0.717) is 6.54 Å². The van der Waals surface area contributed by atoms with Crippen molar-refractivity contribution in [3.05, 3.63) is 59.8 Å². The minimum Gasteiger partial charge on any atom is -0.334 e. The number of benzene rings is 1. The number of carbonyl (C=O) groups excluding carboxylic acids is 1. The van der Waals surface area contributed by atoms with Gasteiger partial charge in [0.25, 0.3) is 0 Å². The monoisotopic (exact) mass is 262 g/mol. The van der Waals surface area contributed by atoms with Gasteiger partial charge >= 0.3 is 6.03 Å². The van der Waals surface area contributed by atoms with Crippen LogP contribution in [0.15, 0.2) is 54.3 Å². The highest BCUT2D eigenvalue weighted by molar-refractivity contribution is 6.23. The lowest BCUT2D eigenvalue weighted by Gasteiger charge is -2.27. The van der Waals surface area contributed by atoms with E-state index in [1.54, 1.807) is 6.20 Å². The normalized spacial score (nSPS) is 18.4. The van der Waals surface area contributed by atoms with Gasteiger partial charge in [-0.1, -0.05) is 48.0 Å². The van der Waals surface area contributed by atoms with Crippen LogP contribution < -0.4 is 5.32 Å². The molecule has 0 bridgehead atoms. The van der Waals surface area contributed by atoms with Crippen molar-refractivity contribution in [3.8, 4) is 0 Å². The Labute approximate surface area is 112 Å². The smallest absolute Gasteiger partial charge is 0.323 e. The highest BCUT2D eigenvalue weighted by Gasteiger charge is 2.22. The van der Waals surface area contributed by atoms with Gasteiger partial charge in [0, 0.05) is 12.7 Å². The molecule has 0 radical (unpaired) electrons. The Balaban J connectivity index is 1.93. The van der Waals surface area contributed by atoms with Crippen LogP contribution in [-0.4, -0.2) is 16.4 Å². The lowest BCUT2D eigenvalue weighted by Crippen LogP contribution is -2.41. The van der Waals surface area contributed by atoms with Crippen LogP contribution in [0.1, 0.15) is 12.5 Å². The van der Waals surface area contributed by atoms with E-state index >= 15 is 0 Å². The van der Waals surface area contributed by atoms with Crippen molar-refractivity contribution in [1.29, 1.82) is 0 Å². The molecule has 4 heteroatoms. The first-order chi connectivity index (χ1) is 8.68. The number of nitrogens with one attached hydrogen (secondary N) is 1. The predicted molar refractivity (Wildman–Crippen MR) is 73.1 cm³/mol. The molecular weight excluding hydrogens is 248 g/mol. The standard InChI is InChI=1S/C14H15ClN2O/c1-11-6-5-9-17(13(11)15)14(18)16-10-12-7-3-2-4-8-12/h2-9,13H,10H2,1H3,(H,16,18). The third-order valence-corrected chi connectivity index (χ3v) is 3.30. The third-order valence-electron chi connectivity index (χ3n) is 2.75. The van der Waals surface area contributed by atoms with Crippen LogP contribution in [0.3, 0.4) is 0 Å². The number of rotatable bonds is 2. The van der Waals surface area contributed by atoms with E-state index in [2.05, 4.69) is 5.32 Å². The number of alkyl halides is 1. The number of allylic oxidation sites excluding steroid dienone is 2.